The van der Waals surface area contributed by atoms with Gasteiger partial charge in [0.15, 0.2) is 0 Å². The summed E-state index contributed by atoms with van der Waals surface area (Å²) in [6, 6.07) is 2.40. The largest absolute Gasteiger partial charge is 0.352 e. The number of anilines is 1. The number of likely N-dealkylation sites (tertiary alicyclic amines) is 1. The van der Waals surface area contributed by atoms with Crippen molar-refractivity contribution in [1.82, 2.24) is 14.8 Å². The molecule has 3 heterocycles. The van der Waals surface area contributed by atoms with Crippen molar-refractivity contribution in [3.63, 3.8) is 0 Å². The number of hydrogen-bond donors (Lipinski definition) is 0. The molecule has 0 atom stereocenters. The molecule has 160 valence electrons. The first-order chi connectivity index (χ1) is 14.5. The van der Waals surface area contributed by atoms with Gasteiger partial charge in [-0.05, 0) is 62.5 Å². The van der Waals surface area contributed by atoms with Gasteiger partial charge >= 0.3 is 11.8 Å². The van der Waals surface area contributed by atoms with Crippen LogP contribution in [0.15, 0.2) is 0 Å². The number of aromatic nitrogens is 1. The van der Waals surface area contributed by atoms with Crippen LogP contribution in [0.3, 0.4) is 0 Å². The summed E-state index contributed by atoms with van der Waals surface area (Å²) in [7, 11) is 0. The Kier molecular flexibility index (Phi) is 5.94. The quantitative estimate of drug-likeness (QED) is 0.663. The third-order valence-corrected chi connectivity index (χ3v) is 6.94. The number of fused-ring (bicyclic) bond motifs is 1. The molecule has 4 rings (SSSR count). The number of piperazine rings is 1. The second-order valence-corrected chi connectivity index (χ2v) is 8.93. The second kappa shape index (κ2) is 8.63. The summed E-state index contributed by atoms with van der Waals surface area (Å²) >= 11 is 0. The molecule has 0 N–H and O–H groups in total. The van der Waals surface area contributed by atoms with E-state index in [9.17, 15) is 14.9 Å². The summed E-state index contributed by atoms with van der Waals surface area (Å²) in [5, 5.41) is 9.84. The van der Waals surface area contributed by atoms with Crippen molar-refractivity contribution in [2.75, 3.05) is 44.2 Å². The zero-order valence-electron chi connectivity index (χ0n) is 18.1. The van der Waals surface area contributed by atoms with E-state index >= 15 is 0 Å². The first kappa shape index (κ1) is 20.6. The fourth-order valence-electron chi connectivity index (χ4n) is 4.95. The van der Waals surface area contributed by atoms with Gasteiger partial charge in [0.2, 0.25) is 0 Å². The third kappa shape index (κ3) is 3.88. The SMILES string of the molecule is Cc1nc(N2CCN(C(=O)C(=O)N3CCC(C)CC3)CC2)c(C#N)c2c1CCCC2. The van der Waals surface area contributed by atoms with Gasteiger partial charge < -0.3 is 14.7 Å². The van der Waals surface area contributed by atoms with E-state index in [2.05, 4.69) is 17.9 Å². The predicted octanol–water partition coefficient (Wildman–Crippen LogP) is 2.05. The van der Waals surface area contributed by atoms with Crippen molar-refractivity contribution >= 4 is 17.6 Å². The van der Waals surface area contributed by atoms with Crippen LogP contribution in [0.5, 0.6) is 0 Å². The summed E-state index contributed by atoms with van der Waals surface area (Å²) < 4.78 is 0. The average molecular weight is 410 g/mol. The van der Waals surface area contributed by atoms with Gasteiger partial charge in [0, 0.05) is 45.0 Å². The second-order valence-electron chi connectivity index (χ2n) is 8.93. The molecule has 1 aromatic rings. The third-order valence-electron chi connectivity index (χ3n) is 6.94. The zero-order valence-corrected chi connectivity index (χ0v) is 18.1. The van der Waals surface area contributed by atoms with E-state index in [1.807, 2.05) is 6.92 Å². The van der Waals surface area contributed by atoms with Crippen LogP contribution in [-0.2, 0) is 22.4 Å². The fraction of sp³-hybridized carbons (Fsp3) is 0.652. The first-order valence-corrected chi connectivity index (χ1v) is 11.2. The highest BCUT2D eigenvalue weighted by atomic mass is 16.2. The lowest BCUT2D eigenvalue weighted by molar-refractivity contribution is -0.152. The minimum Gasteiger partial charge on any atom is -0.352 e. The van der Waals surface area contributed by atoms with Crippen molar-refractivity contribution < 1.29 is 9.59 Å². The maximum atomic E-state index is 12.7. The number of nitrogens with zero attached hydrogens (tertiary/aromatic N) is 5. The summed E-state index contributed by atoms with van der Waals surface area (Å²) in [5.74, 6) is 0.615. The van der Waals surface area contributed by atoms with Crippen LogP contribution in [0.25, 0.3) is 0 Å². The normalized spacial score (nSPS) is 20.0. The van der Waals surface area contributed by atoms with E-state index in [1.165, 1.54) is 11.1 Å². The maximum Gasteiger partial charge on any atom is 0.312 e. The van der Waals surface area contributed by atoms with Crippen molar-refractivity contribution in [2.24, 2.45) is 5.92 Å². The Bertz CT molecular complexity index is 875. The molecule has 3 aliphatic rings. The molecule has 0 radical (unpaired) electrons. The topological polar surface area (TPSA) is 80.5 Å². The summed E-state index contributed by atoms with van der Waals surface area (Å²) in [6.07, 6.45) is 6.15. The molecule has 2 fully saturated rings. The van der Waals surface area contributed by atoms with Crippen molar-refractivity contribution in [2.45, 2.75) is 52.4 Å². The molecule has 7 heteroatoms. The van der Waals surface area contributed by atoms with Gasteiger partial charge in [-0.1, -0.05) is 6.92 Å². The van der Waals surface area contributed by atoms with E-state index in [0.29, 0.717) is 50.7 Å². The van der Waals surface area contributed by atoms with Crippen LogP contribution in [0.1, 0.15) is 55.0 Å². The molecule has 0 unspecified atom stereocenters. The number of carbonyl (C=O) groups excluding carboxylic acids is 2. The van der Waals surface area contributed by atoms with Crippen LogP contribution >= 0.6 is 0 Å². The molecule has 30 heavy (non-hydrogen) atoms. The van der Waals surface area contributed by atoms with Gasteiger partial charge in [0.05, 0.1) is 5.56 Å². The van der Waals surface area contributed by atoms with Crippen LogP contribution in [0.4, 0.5) is 5.82 Å². The van der Waals surface area contributed by atoms with Gasteiger partial charge in [-0.25, -0.2) is 4.98 Å². The molecule has 0 saturated carbocycles. The summed E-state index contributed by atoms with van der Waals surface area (Å²) in [4.78, 5) is 35.6. The molecule has 1 aliphatic carbocycles. The number of rotatable bonds is 1. The summed E-state index contributed by atoms with van der Waals surface area (Å²) in [6.45, 7) is 7.73. The van der Waals surface area contributed by atoms with E-state index < -0.39 is 0 Å². The molecule has 2 saturated heterocycles. The number of aryl methyl sites for hydroxylation is 1. The van der Waals surface area contributed by atoms with E-state index in [0.717, 1.165) is 50.0 Å². The Morgan fingerprint density at radius 1 is 0.933 bits per heavy atom. The lowest BCUT2D eigenvalue weighted by atomic mass is 9.88. The van der Waals surface area contributed by atoms with Gasteiger partial charge in [0.1, 0.15) is 11.9 Å². The molecule has 0 bridgehead atoms. The number of piperidine rings is 1. The highest BCUT2D eigenvalue weighted by molar-refractivity contribution is 6.34. The molecule has 2 amide bonds. The van der Waals surface area contributed by atoms with Crippen LogP contribution in [0.2, 0.25) is 0 Å². The standard InChI is InChI=1S/C23H31N5O2/c1-16-7-9-27(10-8-16)22(29)23(30)28-13-11-26(12-14-28)21-20(15-24)19-6-4-3-5-18(19)17(2)25-21/h16H,3-14H2,1-2H3. The van der Waals surface area contributed by atoms with Crippen molar-refractivity contribution in [1.29, 1.82) is 5.26 Å². The number of hydrogen-bond acceptors (Lipinski definition) is 5. The smallest absolute Gasteiger partial charge is 0.312 e. The Morgan fingerprint density at radius 2 is 1.50 bits per heavy atom. The Labute approximate surface area is 178 Å². The number of nitriles is 1. The van der Waals surface area contributed by atoms with Crippen LogP contribution < -0.4 is 4.90 Å². The zero-order chi connectivity index (χ0) is 21.3. The molecule has 0 spiro atoms. The highest BCUT2D eigenvalue weighted by Gasteiger charge is 2.32. The Balaban J connectivity index is 1.44. The van der Waals surface area contributed by atoms with Gasteiger partial charge in [-0.15, -0.1) is 0 Å². The van der Waals surface area contributed by atoms with Crippen LogP contribution in [0, 0.1) is 24.2 Å². The highest BCUT2D eigenvalue weighted by Crippen LogP contribution is 2.32. The van der Waals surface area contributed by atoms with E-state index in [4.69, 9.17) is 4.98 Å². The van der Waals surface area contributed by atoms with Gasteiger partial charge in [-0.3, -0.25) is 9.59 Å². The predicted molar refractivity (Wildman–Crippen MR) is 114 cm³/mol. The lowest BCUT2D eigenvalue weighted by Crippen LogP contribution is -2.54. The molecular weight excluding hydrogens is 378 g/mol. The van der Waals surface area contributed by atoms with E-state index in [1.54, 1.807) is 9.80 Å². The molecule has 0 aromatic carbocycles. The number of amides is 2. The first-order valence-electron chi connectivity index (χ1n) is 11.2. The molecule has 7 nitrogen and oxygen atoms in total. The number of carbonyl (C=O) groups is 2. The van der Waals surface area contributed by atoms with E-state index in [-0.39, 0.29) is 11.8 Å². The Morgan fingerprint density at radius 3 is 2.10 bits per heavy atom. The lowest BCUT2D eigenvalue weighted by Gasteiger charge is -2.37. The molecule has 1 aromatic heterocycles. The average Bonchev–Trinajstić information content (AvgIpc) is 2.79. The van der Waals surface area contributed by atoms with Gasteiger partial charge in [0.25, 0.3) is 0 Å². The summed E-state index contributed by atoms with van der Waals surface area (Å²) in [5.41, 5.74) is 4.14. The van der Waals surface area contributed by atoms with Crippen LogP contribution in [-0.4, -0.2) is 65.9 Å². The Hall–Kier alpha value is -2.62. The van der Waals surface area contributed by atoms with Crippen molar-refractivity contribution in [3.05, 3.63) is 22.4 Å². The molecular formula is C23H31N5O2. The maximum absolute atomic E-state index is 12.7. The number of pyridine rings is 1. The minimum atomic E-state index is -0.390. The fourth-order valence-corrected chi connectivity index (χ4v) is 4.95. The minimum absolute atomic E-state index is 0.365. The van der Waals surface area contributed by atoms with Crippen molar-refractivity contribution in [3.8, 4) is 6.07 Å². The molecule has 2 aliphatic heterocycles. The monoisotopic (exact) mass is 409 g/mol. The van der Waals surface area contributed by atoms with Gasteiger partial charge in [-0.2, -0.15) is 5.26 Å².